The minimum atomic E-state index is -0.731. The maximum atomic E-state index is 10.7. The molecule has 0 aromatic carbocycles. The summed E-state index contributed by atoms with van der Waals surface area (Å²) in [4.78, 5) is 15.3. The van der Waals surface area contributed by atoms with Gasteiger partial charge in [-0.25, -0.2) is 4.79 Å². The Morgan fingerprint density at radius 3 is 2.17 bits per heavy atom. The largest absolute Gasteiger partial charge is 0.455 e. The van der Waals surface area contributed by atoms with Crippen molar-refractivity contribution < 1.29 is 14.4 Å². The molecule has 0 bridgehead atoms. The van der Waals surface area contributed by atoms with Gasteiger partial charge in [-0.05, 0) is 32.8 Å². The topological polar surface area (TPSA) is 60.2 Å². The number of ether oxygens (including phenoxy) is 1. The second-order valence-corrected chi connectivity index (χ2v) is 2.77. The highest BCUT2D eigenvalue weighted by Crippen LogP contribution is 1.94. The van der Waals surface area contributed by atoms with Gasteiger partial charge in [0.05, 0.1) is 6.10 Å². The average molecular weight is 174 g/mol. The van der Waals surface area contributed by atoms with Crippen LogP contribution in [0, 0.1) is 0 Å². The van der Waals surface area contributed by atoms with E-state index in [1.54, 1.807) is 27.7 Å². The molecule has 0 aliphatic rings. The van der Waals surface area contributed by atoms with Crippen LogP contribution in [0.25, 0.3) is 0 Å². The van der Waals surface area contributed by atoms with E-state index >= 15 is 0 Å². The summed E-state index contributed by atoms with van der Waals surface area (Å²) in [5.41, 5.74) is 0. The first-order valence-electron chi connectivity index (χ1n) is 3.80. The van der Waals surface area contributed by atoms with E-state index in [0.29, 0.717) is 0 Å². The number of carbonyl (C=O) groups excluding carboxylic acids is 1. The molecule has 1 amide bonds. The van der Waals surface area contributed by atoms with E-state index in [4.69, 9.17) is 0 Å². The van der Waals surface area contributed by atoms with Crippen LogP contribution in [0.1, 0.15) is 27.7 Å². The molecule has 5 heteroatoms. The SMILES string of the molecule is CC(C)ON=NC(=O)OC(C)C. The molecule has 0 saturated heterocycles. The lowest BCUT2D eigenvalue weighted by Gasteiger charge is -2.02. The Balaban J connectivity index is 3.61. The highest BCUT2D eigenvalue weighted by atomic mass is 16.7. The molecule has 0 fully saturated rings. The zero-order valence-electron chi connectivity index (χ0n) is 7.77. The summed E-state index contributed by atoms with van der Waals surface area (Å²) in [5.74, 6) is 0. The first-order chi connectivity index (χ1) is 5.52. The minimum Gasteiger partial charge on any atom is -0.444 e. The molecule has 0 radical (unpaired) electrons. The zero-order chi connectivity index (χ0) is 9.56. The van der Waals surface area contributed by atoms with Gasteiger partial charge in [-0.1, -0.05) is 0 Å². The fourth-order valence-corrected chi connectivity index (χ4v) is 0.376. The summed E-state index contributed by atoms with van der Waals surface area (Å²) < 4.78 is 4.65. The fourth-order valence-electron chi connectivity index (χ4n) is 0.376. The average Bonchev–Trinajstić information content (AvgIpc) is 1.84. The highest BCUT2D eigenvalue weighted by Gasteiger charge is 2.02. The minimum absolute atomic E-state index is 0.0828. The quantitative estimate of drug-likeness (QED) is 0.487. The molecule has 0 unspecified atom stereocenters. The Labute approximate surface area is 71.7 Å². The summed E-state index contributed by atoms with van der Waals surface area (Å²) in [7, 11) is 0. The second kappa shape index (κ2) is 5.51. The predicted octanol–water partition coefficient (Wildman–Crippen LogP) is 2.32. The standard InChI is InChI=1S/C7H14N2O3/c1-5(2)11-7(10)8-9-12-6(3)4/h5-6H,1-4H3. The Morgan fingerprint density at radius 1 is 1.17 bits per heavy atom. The van der Waals surface area contributed by atoms with Gasteiger partial charge in [-0.2, -0.15) is 0 Å². The van der Waals surface area contributed by atoms with Crippen molar-refractivity contribution >= 4 is 6.09 Å². The van der Waals surface area contributed by atoms with E-state index in [1.807, 2.05) is 0 Å². The van der Waals surface area contributed by atoms with Crippen molar-refractivity contribution in [1.29, 1.82) is 0 Å². The van der Waals surface area contributed by atoms with Crippen molar-refractivity contribution in [2.45, 2.75) is 39.9 Å². The van der Waals surface area contributed by atoms with Gasteiger partial charge in [0, 0.05) is 5.28 Å². The van der Waals surface area contributed by atoms with Crippen LogP contribution in [0.2, 0.25) is 0 Å². The second-order valence-electron chi connectivity index (χ2n) is 2.77. The smallest absolute Gasteiger partial charge is 0.444 e. The van der Waals surface area contributed by atoms with E-state index in [0.717, 1.165) is 0 Å². The fraction of sp³-hybridized carbons (Fsp3) is 0.857. The van der Waals surface area contributed by atoms with E-state index < -0.39 is 6.09 Å². The Hall–Kier alpha value is -1.13. The normalized spacial score (nSPS) is 11.2. The molecule has 0 heterocycles. The number of hydrogen-bond donors (Lipinski definition) is 0. The maximum absolute atomic E-state index is 10.7. The van der Waals surface area contributed by atoms with E-state index in [2.05, 4.69) is 20.0 Å². The number of hydrogen-bond acceptors (Lipinski definition) is 4. The van der Waals surface area contributed by atoms with Crippen molar-refractivity contribution in [3.05, 3.63) is 0 Å². The molecule has 0 rings (SSSR count). The third kappa shape index (κ3) is 6.98. The molecule has 0 aromatic heterocycles. The molecular formula is C7H14N2O3. The number of amides is 1. The summed E-state index contributed by atoms with van der Waals surface area (Å²) in [6, 6.07) is 0. The van der Waals surface area contributed by atoms with Crippen molar-refractivity contribution in [2.24, 2.45) is 10.4 Å². The molecule has 70 valence electrons. The van der Waals surface area contributed by atoms with Gasteiger partial charge in [-0.3, -0.25) is 0 Å². The van der Waals surface area contributed by atoms with Crippen molar-refractivity contribution in [3.8, 4) is 0 Å². The molecule has 0 aliphatic carbocycles. The Morgan fingerprint density at radius 2 is 1.75 bits per heavy atom. The van der Waals surface area contributed by atoms with Crippen LogP contribution in [0.15, 0.2) is 10.4 Å². The van der Waals surface area contributed by atoms with Gasteiger partial charge in [0.2, 0.25) is 0 Å². The summed E-state index contributed by atoms with van der Waals surface area (Å²) >= 11 is 0. The number of rotatable bonds is 3. The van der Waals surface area contributed by atoms with Gasteiger partial charge in [-0.15, -0.1) is 0 Å². The van der Waals surface area contributed by atoms with Crippen LogP contribution in [-0.2, 0) is 9.57 Å². The number of nitrogens with zero attached hydrogens (tertiary/aromatic N) is 2. The zero-order valence-corrected chi connectivity index (χ0v) is 7.77. The Kier molecular flexibility index (Phi) is 4.99. The van der Waals surface area contributed by atoms with Gasteiger partial charge < -0.3 is 9.57 Å². The third-order valence-corrected chi connectivity index (χ3v) is 0.717. The molecule has 0 aromatic rings. The van der Waals surface area contributed by atoms with E-state index in [-0.39, 0.29) is 12.2 Å². The molecule has 12 heavy (non-hydrogen) atoms. The van der Waals surface area contributed by atoms with Gasteiger partial charge >= 0.3 is 6.09 Å². The van der Waals surface area contributed by atoms with Crippen LogP contribution < -0.4 is 0 Å². The third-order valence-electron chi connectivity index (χ3n) is 0.717. The first-order valence-corrected chi connectivity index (χ1v) is 3.80. The maximum Gasteiger partial charge on any atom is 0.455 e. The lowest BCUT2D eigenvalue weighted by atomic mass is 10.5. The first kappa shape index (κ1) is 10.9. The summed E-state index contributed by atoms with van der Waals surface area (Å²) in [6.45, 7) is 7.03. The van der Waals surface area contributed by atoms with Crippen molar-refractivity contribution in [1.82, 2.24) is 0 Å². The van der Waals surface area contributed by atoms with Crippen molar-refractivity contribution in [2.75, 3.05) is 0 Å². The van der Waals surface area contributed by atoms with E-state index in [1.165, 1.54) is 0 Å². The predicted molar refractivity (Wildman–Crippen MR) is 42.7 cm³/mol. The molecule has 5 nitrogen and oxygen atoms in total. The van der Waals surface area contributed by atoms with Crippen LogP contribution in [0.5, 0.6) is 0 Å². The van der Waals surface area contributed by atoms with Crippen LogP contribution in [-0.4, -0.2) is 18.3 Å². The Bertz CT molecular complexity index is 166. The highest BCUT2D eigenvalue weighted by molar-refractivity contribution is 5.67. The van der Waals surface area contributed by atoms with Crippen LogP contribution in [0.3, 0.4) is 0 Å². The van der Waals surface area contributed by atoms with Gasteiger partial charge in [0.15, 0.2) is 0 Å². The lowest BCUT2D eigenvalue weighted by Crippen LogP contribution is -2.07. The van der Waals surface area contributed by atoms with E-state index in [9.17, 15) is 4.79 Å². The molecule has 0 aliphatic heterocycles. The molecule has 0 atom stereocenters. The molecule has 0 saturated carbocycles. The van der Waals surface area contributed by atoms with Crippen molar-refractivity contribution in [3.63, 3.8) is 0 Å². The molecule has 0 N–H and O–H groups in total. The molecular weight excluding hydrogens is 160 g/mol. The molecule has 0 spiro atoms. The van der Waals surface area contributed by atoms with Gasteiger partial charge in [0.25, 0.3) is 0 Å². The van der Waals surface area contributed by atoms with Gasteiger partial charge in [0.1, 0.15) is 6.10 Å². The monoisotopic (exact) mass is 174 g/mol. The van der Waals surface area contributed by atoms with Crippen LogP contribution >= 0.6 is 0 Å². The summed E-state index contributed by atoms with van der Waals surface area (Å²) in [5, 5.41) is 6.32. The van der Waals surface area contributed by atoms with Crippen LogP contribution in [0.4, 0.5) is 4.79 Å². The lowest BCUT2D eigenvalue weighted by molar-refractivity contribution is 0.0614. The number of carbonyl (C=O) groups is 1. The summed E-state index contributed by atoms with van der Waals surface area (Å²) in [6.07, 6.45) is -0.998.